The summed E-state index contributed by atoms with van der Waals surface area (Å²) < 4.78 is 0. The van der Waals surface area contributed by atoms with Crippen molar-refractivity contribution in [1.29, 1.82) is 0 Å². The second-order valence-electron chi connectivity index (χ2n) is 4.68. The van der Waals surface area contributed by atoms with Crippen molar-refractivity contribution in [3.05, 3.63) is 28.8 Å². The van der Waals surface area contributed by atoms with Crippen LogP contribution in [0.25, 0.3) is 0 Å². The minimum atomic E-state index is -1.94. The SMILES string of the molecule is CC(=O)N1C(=O)C(C(C)=O)(C(C)=O)c2ccc(Cl)cc21. The van der Waals surface area contributed by atoms with E-state index < -0.39 is 28.8 Å². The minimum Gasteiger partial charge on any atom is -0.298 e. The van der Waals surface area contributed by atoms with Gasteiger partial charge >= 0.3 is 0 Å². The highest BCUT2D eigenvalue weighted by Crippen LogP contribution is 2.44. The Kier molecular flexibility index (Phi) is 3.26. The third kappa shape index (κ3) is 1.63. The van der Waals surface area contributed by atoms with Crippen LogP contribution in [0.3, 0.4) is 0 Å². The molecule has 0 radical (unpaired) electrons. The van der Waals surface area contributed by atoms with Crippen LogP contribution in [0.1, 0.15) is 26.3 Å². The number of benzene rings is 1. The number of Topliss-reactive ketones (excluding diaryl/α,β-unsaturated/α-hetero) is 2. The Labute approximate surface area is 120 Å². The molecule has 2 rings (SSSR count). The number of rotatable bonds is 2. The summed E-state index contributed by atoms with van der Waals surface area (Å²) in [5.41, 5.74) is -1.53. The highest BCUT2D eigenvalue weighted by molar-refractivity contribution is 6.40. The van der Waals surface area contributed by atoms with Crippen molar-refractivity contribution in [1.82, 2.24) is 0 Å². The number of ketones is 2. The molecule has 0 N–H and O–H groups in total. The fourth-order valence-electron chi connectivity index (χ4n) is 2.64. The fraction of sp³-hybridized carbons (Fsp3) is 0.286. The summed E-state index contributed by atoms with van der Waals surface area (Å²) in [6.45, 7) is 3.53. The predicted octanol–water partition coefficient (Wildman–Crippen LogP) is 1.65. The third-order valence-electron chi connectivity index (χ3n) is 3.50. The Balaban J connectivity index is 2.88. The summed E-state index contributed by atoms with van der Waals surface area (Å²) in [7, 11) is 0. The molecule has 1 aromatic carbocycles. The molecule has 1 aromatic rings. The Hall–Kier alpha value is -2.01. The molecule has 104 valence electrons. The monoisotopic (exact) mass is 293 g/mol. The van der Waals surface area contributed by atoms with Crippen LogP contribution in [0.15, 0.2) is 18.2 Å². The van der Waals surface area contributed by atoms with E-state index in [9.17, 15) is 19.2 Å². The summed E-state index contributed by atoms with van der Waals surface area (Å²) in [4.78, 5) is 49.1. The summed E-state index contributed by atoms with van der Waals surface area (Å²) in [5, 5.41) is 0.311. The summed E-state index contributed by atoms with van der Waals surface area (Å²) in [6, 6.07) is 4.34. The number of halogens is 1. The molecule has 0 spiro atoms. The van der Waals surface area contributed by atoms with E-state index in [1.807, 2.05) is 0 Å². The maximum Gasteiger partial charge on any atom is 0.259 e. The smallest absolute Gasteiger partial charge is 0.259 e. The lowest BCUT2D eigenvalue weighted by atomic mass is 9.75. The summed E-state index contributed by atoms with van der Waals surface area (Å²) in [5.74, 6) is -2.62. The normalized spacial score (nSPS) is 16.0. The van der Waals surface area contributed by atoms with E-state index in [1.54, 1.807) is 0 Å². The quantitative estimate of drug-likeness (QED) is 0.777. The molecule has 0 aromatic heterocycles. The minimum absolute atomic E-state index is 0.195. The molecule has 0 unspecified atom stereocenters. The molecule has 20 heavy (non-hydrogen) atoms. The molecule has 2 amide bonds. The van der Waals surface area contributed by atoms with Crippen LogP contribution in [0, 0.1) is 0 Å². The Bertz CT molecular complexity index is 651. The lowest BCUT2D eigenvalue weighted by Crippen LogP contribution is -2.51. The first-order valence-electron chi connectivity index (χ1n) is 5.91. The molecule has 5 nitrogen and oxygen atoms in total. The number of hydrogen-bond acceptors (Lipinski definition) is 4. The van der Waals surface area contributed by atoms with Crippen molar-refractivity contribution in [2.45, 2.75) is 26.2 Å². The van der Waals surface area contributed by atoms with Crippen LogP contribution in [-0.4, -0.2) is 23.4 Å². The Morgan fingerprint density at radius 1 is 1.10 bits per heavy atom. The number of nitrogens with zero attached hydrogens (tertiary/aromatic N) is 1. The van der Waals surface area contributed by atoms with Crippen LogP contribution >= 0.6 is 11.6 Å². The van der Waals surface area contributed by atoms with E-state index >= 15 is 0 Å². The second kappa shape index (κ2) is 4.52. The fourth-order valence-corrected chi connectivity index (χ4v) is 2.81. The first kappa shape index (κ1) is 14.4. The van der Waals surface area contributed by atoms with Gasteiger partial charge in [0.2, 0.25) is 5.91 Å². The zero-order valence-corrected chi connectivity index (χ0v) is 11.9. The molecule has 0 saturated heterocycles. The lowest BCUT2D eigenvalue weighted by Gasteiger charge is -2.22. The van der Waals surface area contributed by atoms with Gasteiger partial charge in [-0.3, -0.25) is 19.2 Å². The van der Waals surface area contributed by atoms with Gasteiger partial charge in [0.25, 0.3) is 5.91 Å². The second-order valence-corrected chi connectivity index (χ2v) is 5.12. The lowest BCUT2D eigenvalue weighted by molar-refractivity contribution is -0.140. The van der Waals surface area contributed by atoms with Crippen molar-refractivity contribution >= 4 is 40.7 Å². The predicted molar refractivity (Wildman–Crippen MR) is 72.7 cm³/mol. The standard InChI is InChI=1S/C14H12ClNO4/c1-7(17)14(8(2)18)11-5-4-10(15)6-12(11)16(9(3)19)13(14)20/h4-6H,1-3H3. The van der Waals surface area contributed by atoms with E-state index in [1.165, 1.54) is 39.0 Å². The highest BCUT2D eigenvalue weighted by Gasteiger charge is 2.59. The summed E-state index contributed by atoms with van der Waals surface area (Å²) in [6.07, 6.45) is 0. The first-order valence-corrected chi connectivity index (χ1v) is 6.29. The number of imide groups is 1. The zero-order chi connectivity index (χ0) is 15.2. The molecular formula is C14H12ClNO4. The topological polar surface area (TPSA) is 71.5 Å². The van der Waals surface area contributed by atoms with Gasteiger partial charge in [0, 0.05) is 17.5 Å². The average molecular weight is 294 g/mol. The van der Waals surface area contributed by atoms with Gasteiger partial charge in [-0.2, -0.15) is 0 Å². The van der Waals surface area contributed by atoms with Gasteiger partial charge in [0.1, 0.15) is 0 Å². The van der Waals surface area contributed by atoms with Crippen molar-refractivity contribution in [3.63, 3.8) is 0 Å². The number of carbonyl (C=O) groups is 4. The van der Waals surface area contributed by atoms with Gasteiger partial charge in [0.05, 0.1) is 5.69 Å². The van der Waals surface area contributed by atoms with Gasteiger partial charge in [-0.25, -0.2) is 4.90 Å². The van der Waals surface area contributed by atoms with Crippen LogP contribution in [0.2, 0.25) is 5.02 Å². The molecule has 1 aliphatic rings. The zero-order valence-electron chi connectivity index (χ0n) is 11.2. The molecule has 0 fully saturated rings. The third-order valence-corrected chi connectivity index (χ3v) is 3.73. The van der Waals surface area contributed by atoms with E-state index in [0.29, 0.717) is 5.02 Å². The molecule has 1 aliphatic heterocycles. The van der Waals surface area contributed by atoms with Gasteiger partial charge in [-0.1, -0.05) is 17.7 Å². The Morgan fingerprint density at radius 2 is 1.65 bits per heavy atom. The van der Waals surface area contributed by atoms with E-state index in [2.05, 4.69) is 0 Å². The average Bonchev–Trinajstić information content (AvgIpc) is 2.57. The van der Waals surface area contributed by atoms with Crippen molar-refractivity contribution < 1.29 is 19.2 Å². The molecule has 1 heterocycles. The maximum atomic E-state index is 12.5. The molecule has 0 saturated carbocycles. The van der Waals surface area contributed by atoms with Crippen LogP contribution in [-0.2, 0) is 24.6 Å². The molecule has 6 heteroatoms. The van der Waals surface area contributed by atoms with E-state index in [4.69, 9.17) is 11.6 Å². The molecular weight excluding hydrogens is 282 g/mol. The maximum absolute atomic E-state index is 12.5. The molecule has 0 bridgehead atoms. The molecule has 0 aliphatic carbocycles. The van der Waals surface area contributed by atoms with Gasteiger partial charge in [-0.05, 0) is 26.0 Å². The number of hydrogen-bond donors (Lipinski definition) is 0. The number of amides is 2. The van der Waals surface area contributed by atoms with Crippen molar-refractivity contribution in [2.75, 3.05) is 4.90 Å². The number of carbonyl (C=O) groups excluding carboxylic acids is 4. The van der Waals surface area contributed by atoms with E-state index in [-0.39, 0.29) is 11.3 Å². The van der Waals surface area contributed by atoms with Gasteiger partial charge in [0.15, 0.2) is 17.0 Å². The van der Waals surface area contributed by atoms with Crippen molar-refractivity contribution in [2.24, 2.45) is 0 Å². The van der Waals surface area contributed by atoms with Crippen molar-refractivity contribution in [3.8, 4) is 0 Å². The number of anilines is 1. The highest BCUT2D eigenvalue weighted by atomic mass is 35.5. The van der Waals surface area contributed by atoms with Crippen LogP contribution < -0.4 is 4.90 Å². The van der Waals surface area contributed by atoms with E-state index in [0.717, 1.165) is 4.90 Å². The summed E-state index contributed by atoms with van der Waals surface area (Å²) >= 11 is 5.87. The van der Waals surface area contributed by atoms with Gasteiger partial charge in [-0.15, -0.1) is 0 Å². The Morgan fingerprint density at radius 3 is 2.10 bits per heavy atom. The van der Waals surface area contributed by atoms with Crippen LogP contribution in [0.4, 0.5) is 5.69 Å². The van der Waals surface area contributed by atoms with Crippen LogP contribution in [0.5, 0.6) is 0 Å². The van der Waals surface area contributed by atoms with Gasteiger partial charge < -0.3 is 0 Å². The first-order chi connectivity index (χ1) is 9.24. The largest absolute Gasteiger partial charge is 0.298 e. The molecule has 0 atom stereocenters. The number of fused-ring (bicyclic) bond motifs is 1.